The van der Waals surface area contributed by atoms with Crippen LogP contribution in [0.15, 0.2) is 58.1 Å². The van der Waals surface area contributed by atoms with E-state index in [2.05, 4.69) is 45.9 Å². The number of likely N-dealkylation sites (N-methyl/N-ethyl adjacent to an activating group) is 1. The van der Waals surface area contributed by atoms with Gasteiger partial charge in [0.15, 0.2) is 11.5 Å². The highest BCUT2D eigenvalue weighted by Crippen LogP contribution is 2.48. The van der Waals surface area contributed by atoms with Crippen LogP contribution in [0.4, 0.5) is 5.69 Å². The van der Waals surface area contributed by atoms with Crippen LogP contribution in [-0.2, 0) is 21.4 Å². The summed E-state index contributed by atoms with van der Waals surface area (Å²) < 4.78 is 39.9. The van der Waals surface area contributed by atoms with Crippen molar-refractivity contribution in [2.45, 2.75) is 42.6 Å². The van der Waals surface area contributed by atoms with E-state index in [1.807, 2.05) is 12.1 Å². The number of thiophene rings is 1. The molecule has 236 valence electrons. The molecule has 2 atom stereocenters. The van der Waals surface area contributed by atoms with E-state index in [1.165, 1.54) is 22.6 Å². The van der Waals surface area contributed by atoms with Gasteiger partial charge in [0.05, 0.1) is 20.3 Å². The molecule has 0 radical (unpaired) electrons. The van der Waals surface area contributed by atoms with Crippen molar-refractivity contribution in [1.82, 2.24) is 14.1 Å². The van der Waals surface area contributed by atoms with E-state index in [4.69, 9.17) is 9.47 Å². The number of carbonyl (C=O) groups is 1. The number of aldehydes is 1. The molecule has 3 aliphatic heterocycles. The molecule has 2 aromatic carbocycles. The van der Waals surface area contributed by atoms with E-state index >= 15 is 0 Å². The van der Waals surface area contributed by atoms with Crippen LogP contribution in [0, 0.1) is 5.92 Å². The second-order valence-corrected chi connectivity index (χ2v) is 14.9. The summed E-state index contributed by atoms with van der Waals surface area (Å²) >= 11 is 1.26. The number of carbonyl (C=O) groups excluding carboxylic acids is 1. The van der Waals surface area contributed by atoms with Gasteiger partial charge >= 0.3 is 0 Å². The fourth-order valence-electron chi connectivity index (χ4n) is 7.27. The van der Waals surface area contributed by atoms with Crippen LogP contribution in [0.2, 0.25) is 0 Å². The molecule has 3 aromatic rings. The van der Waals surface area contributed by atoms with E-state index in [1.54, 1.807) is 36.0 Å². The van der Waals surface area contributed by atoms with Crippen LogP contribution >= 0.6 is 11.3 Å². The average Bonchev–Trinajstić information content (AvgIpc) is 3.74. The van der Waals surface area contributed by atoms with E-state index in [9.17, 15) is 13.2 Å². The summed E-state index contributed by atoms with van der Waals surface area (Å²) in [7, 11) is -0.259. The third-order valence-electron chi connectivity index (χ3n) is 9.63. The Morgan fingerprint density at radius 2 is 1.70 bits per heavy atom. The maximum absolute atomic E-state index is 13.3. The summed E-state index contributed by atoms with van der Waals surface area (Å²) in [6.45, 7) is 8.78. The lowest BCUT2D eigenvalue weighted by atomic mass is 9.84. The largest absolute Gasteiger partial charge is 0.493 e. The van der Waals surface area contributed by atoms with Gasteiger partial charge in [0.2, 0.25) is 0 Å². The van der Waals surface area contributed by atoms with Crippen molar-refractivity contribution in [3.05, 3.63) is 70.6 Å². The number of hydrogen-bond acceptors (Lipinski definition) is 9. The molecule has 0 bridgehead atoms. The summed E-state index contributed by atoms with van der Waals surface area (Å²) in [6.07, 6.45) is 2.45. The maximum atomic E-state index is 13.3. The molecule has 2 fully saturated rings. The number of rotatable bonds is 10. The Kier molecular flexibility index (Phi) is 9.30. The molecule has 44 heavy (non-hydrogen) atoms. The molecule has 2 saturated heterocycles. The molecule has 2 unspecified atom stereocenters. The molecule has 4 heterocycles. The lowest BCUT2D eigenvalue weighted by molar-refractivity contribution is -0.113. The van der Waals surface area contributed by atoms with Gasteiger partial charge in [0, 0.05) is 57.5 Å². The van der Waals surface area contributed by atoms with Gasteiger partial charge in [-0.15, -0.1) is 11.3 Å². The van der Waals surface area contributed by atoms with Crippen molar-refractivity contribution in [2.75, 3.05) is 64.9 Å². The molecule has 0 spiro atoms. The second kappa shape index (κ2) is 13.2. The van der Waals surface area contributed by atoms with Gasteiger partial charge in [-0.3, -0.25) is 4.90 Å². The average molecular weight is 639 g/mol. The van der Waals surface area contributed by atoms with Gasteiger partial charge < -0.3 is 24.1 Å². The number of hydrogen-bond donors (Lipinski definition) is 0. The quantitative estimate of drug-likeness (QED) is 0.293. The van der Waals surface area contributed by atoms with Crippen molar-refractivity contribution in [2.24, 2.45) is 5.92 Å². The third-order valence-corrected chi connectivity index (χ3v) is 12.9. The molecule has 0 N–H and O–H groups in total. The summed E-state index contributed by atoms with van der Waals surface area (Å²) in [6, 6.07) is 15.3. The van der Waals surface area contributed by atoms with Crippen LogP contribution in [-0.4, -0.2) is 88.8 Å². The number of piperidine rings is 1. The highest BCUT2D eigenvalue weighted by atomic mass is 32.2. The third kappa shape index (κ3) is 5.76. The lowest BCUT2D eigenvalue weighted by Crippen LogP contribution is -2.46. The predicted molar refractivity (Wildman–Crippen MR) is 173 cm³/mol. The van der Waals surface area contributed by atoms with Gasteiger partial charge in [-0.25, -0.2) is 8.42 Å². The Morgan fingerprint density at radius 1 is 0.955 bits per heavy atom. The zero-order valence-electron chi connectivity index (χ0n) is 25.7. The number of anilines is 1. The summed E-state index contributed by atoms with van der Waals surface area (Å²) in [5.41, 5.74) is 4.55. The SMILES string of the molecule is CCN1CCN(c2cccc3c2CN(C(c2ccc(OC)c(OC)c2)C2CCN(S(=O)(=O)c4cccs4)CC2)C3C=O)CC1. The zero-order chi connectivity index (χ0) is 30.8. The number of methoxy groups -OCH3 is 2. The van der Waals surface area contributed by atoms with Crippen molar-refractivity contribution < 1.29 is 22.7 Å². The van der Waals surface area contributed by atoms with E-state index in [0.29, 0.717) is 48.2 Å². The molecule has 1 aromatic heterocycles. The van der Waals surface area contributed by atoms with E-state index < -0.39 is 16.1 Å². The standard InChI is InChI=1S/C33H42N4O5S2/c1-4-34-16-18-35(19-17-34)28-8-5-7-26-27(28)22-37(29(26)23-38)33(25-10-11-30(41-2)31(21-25)42-3)24-12-14-36(15-13-24)44(39,40)32-9-6-20-43-32/h5-11,20-21,23-24,29,33H,4,12-19,22H2,1-3H3. The van der Waals surface area contributed by atoms with Crippen LogP contribution in [0.1, 0.15) is 48.5 Å². The lowest BCUT2D eigenvalue weighted by Gasteiger charge is -2.41. The number of piperazine rings is 1. The van der Waals surface area contributed by atoms with Crippen molar-refractivity contribution in [1.29, 1.82) is 0 Å². The number of ether oxygens (including phenoxy) is 2. The predicted octanol–water partition coefficient (Wildman–Crippen LogP) is 4.81. The Morgan fingerprint density at radius 3 is 2.34 bits per heavy atom. The first-order chi connectivity index (χ1) is 21.4. The van der Waals surface area contributed by atoms with Gasteiger partial charge in [0.25, 0.3) is 10.0 Å². The van der Waals surface area contributed by atoms with Crippen molar-refractivity contribution in [3.63, 3.8) is 0 Å². The molecule has 11 heteroatoms. The number of nitrogens with zero attached hydrogens (tertiary/aromatic N) is 4. The molecular weight excluding hydrogens is 597 g/mol. The van der Waals surface area contributed by atoms with Crippen LogP contribution in [0.3, 0.4) is 0 Å². The second-order valence-electron chi connectivity index (χ2n) is 11.8. The number of benzene rings is 2. The van der Waals surface area contributed by atoms with Gasteiger partial charge in [-0.05, 0) is 71.6 Å². The van der Waals surface area contributed by atoms with Crippen molar-refractivity contribution >= 4 is 33.3 Å². The van der Waals surface area contributed by atoms with Gasteiger partial charge in [-0.2, -0.15) is 4.31 Å². The number of fused-ring (bicyclic) bond motifs is 1. The first-order valence-electron chi connectivity index (χ1n) is 15.4. The van der Waals surface area contributed by atoms with Crippen LogP contribution < -0.4 is 14.4 Å². The smallest absolute Gasteiger partial charge is 0.252 e. The molecule has 0 aliphatic carbocycles. The molecule has 3 aliphatic rings. The first-order valence-corrected chi connectivity index (χ1v) is 17.8. The van der Waals surface area contributed by atoms with Gasteiger partial charge in [-0.1, -0.05) is 31.2 Å². The first kappa shape index (κ1) is 31.0. The Hall–Kier alpha value is -2.96. The normalized spacial score (nSPS) is 21.2. The fourth-order valence-corrected chi connectivity index (χ4v) is 9.88. The monoisotopic (exact) mass is 638 g/mol. The maximum Gasteiger partial charge on any atom is 0.252 e. The highest BCUT2D eigenvalue weighted by molar-refractivity contribution is 7.91. The topological polar surface area (TPSA) is 82.6 Å². The zero-order valence-corrected chi connectivity index (χ0v) is 27.4. The summed E-state index contributed by atoms with van der Waals surface area (Å²) in [5.74, 6) is 1.43. The van der Waals surface area contributed by atoms with Crippen LogP contribution in [0.5, 0.6) is 11.5 Å². The van der Waals surface area contributed by atoms with Gasteiger partial charge in [0.1, 0.15) is 10.5 Å². The minimum absolute atomic E-state index is 0.117. The molecule has 6 rings (SSSR count). The minimum Gasteiger partial charge on any atom is -0.493 e. The Bertz CT molecular complexity index is 1550. The molecule has 0 saturated carbocycles. The van der Waals surface area contributed by atoms with Crippen molar-refractivity contribution in [3.8, 4) is 11.5 Å². The summed E-state index contributed by atoms with van der Waals surface area (Å²) in [5, 5.41) is 1.80. The molecule has 0 amide bonds. The number of sulfonamides is 1. The molecular formula is C33H42N4O5S2. The minimum atomic E-state index is -3.52. The van der Waals surface area contributed by atoms with E-state index in [-0.39, 0.29) is 12.0 Å². The summed E-state index contributed by atoms with van der Waals surface area (Å²) in [4.78, 5) is 20.2. The van der Waals surface area contributed by atoms with E-state index in [0.717, 1.165) is 50.1 Å². The Labute approximate surface area is 265 Å². The highest BCUT2D eigenvalue weighted by Gasteiger charge is 2.43. The van der Waals surface area contributed by atoms with Crippen LogP contribution in [0.25, 0.3) is 0 Å². The fraction of sp³-hybridized carbons (Fsp3) is 0.485. The molecule has 9 nitrogen and oxygen atoms in total. The Balaban J connectivity index is 1.33.